The van der Waals surface area contributed by atoms with Crippen molar-refractivity contribution in [1.29, 1.82) is 0 Å². The molecule has 3 heterocycles. The Labute approximate surface area is 140 Å². The van der Waals surface area contributed by atoms with Gasteiger partial charge in [0.2, 0.25) is 0 Å². The lowest BCUT2D eigenvalue weighted by Crippen LogP contribution is -2.41. The number of rotatable bonds is 4. The summed E-state index contributed by atoms with van der Waals surface area (Å²) in [4.78, 5) is 8.26. The van der Waals surface area contributed by atoms with Crippen molar-refractivity contribution in [3.63, 3.8) is 0 Å². The van der Waals surface area contributed by atoms with Gasteiger partial charge in [0.05, 0.1) is 29.3 Å². The van der Waals surface area contributed by atoms with Crippen molar-refractivity contribution in [3.8, 4) is 11.4 Å². The molecule has 126 valence electrons. The normalized spacial score (nSPS) is 19.7. The predicted molar refractivity (Wildman–Crippen MR) is 88.6 cm³/mol. The van der Waals surface area contributed by atoms with Gasteiger partial charge in [-0.15, -0.1) is 0 Å². The zero-order valence-corrected chi connectivity index (χ0v) is 14.2. The van der Waals surface area contributed by atoms with E-state index in [0.717, 1.165) is 11.3 Å². The van der Waals surface area contributed by atoms with Crippen molar-refractivity contribution in [2.24, 2.45) is 0 Å². The number of hydrogen-bond donors (Lipinski definition) is 1. The van der Waals surface area contributed by atoms with E-state index >= 15 is 0 Å². The minimum Gasteiger partial charge on any atom is -0.398 e. The fourth-order valence-corrected chi connectivity index (χ4v) is 2.38. The van der Waals surface area contributed by atoms with Crippen molar-refractivity contribution in [3.05, 3.63) is 42.2 Å². The van der Waals surface area contributed by atoms with E-state index in [1.807, 2.05) is 27.7 Å². The number of allylic oxidation sites excluding steroid dienone is 1. The largest absolute Gasteiger partial charge is 0.524 e. The lowest BCUT2D eigenvalue weighted by Gasteiger charge is -2.32. The fourth-order valence-electron chi connectivity index (χ4n) is 2.38. The van der Waals surface area contributed by atoms with Gasteiger partial charge in [-0.05, 0) is 34.1 Å². The maximum absolute atomic E-state index is 14.5. The second-order valence-corrected chi connectivity index (χ2v) is 6.74. The molecular formula is C16H20BFN4O2. The summed E-state index contributed by atoms with van der Waals surface area (Å²) < 4.78 is 25.9. The Morgan fingerprint density at radius 3 is 2.54 bits per heavy atom. The lowest BCUT2D eigenvalue weighted by molar-refractivity contribution is 0.00578. The van der Waals surface area contributed by atoms with Crippen LogP contribution in [0.3, 0.4) is 0 Å². The smallest absolute Gasteiger partial charge is 0.398 e. The summed E-state index contributed by atoms with van der Waals surface area (Å²) in [6.07, 6.45) is 8.27. The maximum Gasteiger partial charge on any atom is 0.524 e. The zero-order valence-electron chi connectivity index (χ0n) is 14.2. The Morgan fingerprint density at radius 2 is 1.92 bits per heavy atom. The van der Waals surface area contributed by atoms with Gasteiger partial charge in [-0.2, -0.15) is 5.10 Å². The van der Waals surface area contributed by atoms with Crippen molar-refractivity contribution < 1.29 is 13.7 Å². The molecule has 0 amide bonds. The van der Waals surface area contributed by atoms with Crippen LogP contribution in [0.2, 0.25) is 0 Å². The van der Waals surface area contributed by atoms with Crippen LogP contribution in [-0.2, 0) is 15.7 Å². The van der Waals surface area contributed by atoms with Gasteiger partial charge in [0.1, 0.15) is 11.4 Å². The molecule has 8 heteroatoms. The molecule has 1 fully saturated rings. The molecule has 0 bridgehead atoms. The Kier molecular flexibility index (Phi) is 4.27. The van der Waals surface area contributed by atoms with Crippen LogP contribution in [-0.4, -0.2) is 38.5 Å². The molecule has 0 saturated carbocycles. The Balaban J connectivity index is 1.75. The second-order valence-electron chi connectivity index (χ2n) is 6.74. The third-order valence-electron chi connectivity index (χ3n) is 4.53. The van der Waals surface area contributed by atoms with E-state index in [2.05, 4.69) is 20.2 Å². The summed E-state index contributed by atoms with van der Waals surface area (Å²) in [5.74, 6) is 0. The fraction of sp³-hybridized carbons (Fsp3) is 0.438. The SMILES string of the molecule is CC1(C)OB(C(F)=CCc2cn[nH]c2-c2cnccn2)OC1(C)C. The Morgan fingerprint density at radius 1 is 1.21 bits per heavy atom. The van der Waals surface area contributed by atoms with E-state index in [1.165, 1.54) is 6.08 Å². The molecule has 0 radical (unpaired) electrons. The molecule has 2 aromatic rings. The quantitative estimate of drug-likeness (QED) is 0.873. The van der Waals surface area contributed by atoms with Gasteiger partial charge in [-0.1, -0.05) is 6.08 Å². The molecule has 1 aliphatic heterocycles. The van der Waals surface area contributed by atoms with Crippen molar-refractivity contribution in [2.45, 2.75) is 45.3 Å². The molecule has 0 aliphatic carbocycles. The molecule has 0 unspecified atom stereocenters. The maximum atomic E-state index is 14.5. The molecule has 0 aromatic carbocycles. The van der Waals surface area contributed by atoms with Gasteiger partial charge < -0.3 is 9.31 Å². The van der Waals surface area contributed by atoms with Crippen LogP contribution in [0.4, 0.5) is 4.39 Å². The minimum absolute atomic E-state index is 0.346. The molecule has 6 nitrogen and oxygen atoms in total. The first kappa shape index (κ1) is 16.8. The van der Waals surface area contributed by atoms with Gasteiger partial charge in [-0.3, -0.25) is 15.1 Å². The molecule has 2 aromatic heterocycles. The zero-order chi connectivity index (χ0) is 17.4. The van der Waals surface area contributed by atoms with Crippen LogP contribution in [0, 0.1) is 0 Å². The molecule has 3 rings (SSSR count). The van der Waals surface area contributed by atoms with Crippen LogP contribution in [0.5, 0.6) is 0 Å². The first-order valence-corrected chi connectivity index (χ1v) is 7.80. The number of aromatic amines is 1. The van der Waals surface area contributed by atoms with Gasteiger partial charge in [0.25, 0.3) is 0 Å². The number of hydrogen-bond acceptors (Lipinski definition) is 5. The summed E-state index contributed by atoms with van der Waals surface area (Å²) in [7, 11) is -0.984. The Hall–Kier alpha value is -2.06. The highest BCUT2D eigenvalue weighted by Gasteiger charge is 2.52. The monoisotopic (exact) mass is 330 g/mol. The van der Waals surface area contributed by atoms with E-state index in [9.17, 15) is 4.39 Å². The van der Waals surface area contributed by atoms with E-state index in [-0.39, 0.29) is 0 Å². The van der Waals surface area contributed by atoms with E-state index in [4.69, 9.17) is 9.31 Å². The first-order chi connectivity index (χ1) is 11.3. The molecular weight excluding hydrogens is 310 g/mol. The summed E-state index contributed by atoms with van der Waals surface area (Å²) in [5, 5.41) is 6.89. The number of aromatic nitrogens is 4. The summed E-state index contributed by atoms with van der Waals surface area (Å²) in [6, 6.07) is 0. The van der Waals surface area contributed by atoms with Crippen molar-refractivity contribution in [1.82, 2.24) is 20.2 Å². The first-order valence-electron chi connectivity index (χ1n) is 7.80. The summed E-state index contributed by atoms with van der Waals surface area (Å²) >= 11 is 0. The average Bonchev–Trinajstić information content (AvgIpc) is 3.08. The third-order valence-corrected chi connectivity index (χ3v) is 4.53. The van der Waals surface area contributed by atoms with Gasteiger partial charge in [0, 0.05) is 18.0 Å². The number of halogens is 1. The van der Waals surface area contributed by atoms with Crippen LogP contribution < -0.4 is 0 Å². The molecule has 24 heavy (non-hydrogen) atoms. The third kappa shape index (κ3) is 3.11. The molecule has 1 aliphatic rings. The predicted octanol–water partition coefficient (Wildman–Crippen LogP) is 2.89. The molecule has 0 spiro atoms. The molecule has 0 atom stereocenters. The van der Waals surface area contributed by atoms with Crippen LogP contribution in [0.25, 0.3) is 11.4 Å². The minimum atomic E-state index is -0.984. The van der Waals surface area contributed by atoms with Crippen molar-refractivity contribution in [2.75, 3.05) is 0 Å². The van der Waals surface area contributed by atoms with E-state index in [0.29, 0.717) is 12.1 Å². The highest BCUT2D eigenvalue weighted by Crippen LogP contribution is 2.38. The highest BCUT2D eigenvalue weighted by molar-refractivity contribution is 6.53. The lowest BCUT2D eigenvalue weighted by atomic mass is 9.87. The van der Waals surface area contributed by atoms with E-state index in [1.54, 1.807) is 24.8 Å². The number of nitrogens with one attached hydrogen (secondary N) is 1. The van der Waals surface area contributed by atoms with Crippen LogP contribution in [0.15, 0.2) is 36.6 Å². The second kappa shape index (κ2) is 6.10. The number of H-pyrrole nitrogens is 1. The molecule has 1 N–H and O–H groups in total. The van der Waals surface area contributed by atoms with Gasteiger partial charge >= 0.3 is 7.12 Å². The van der Waals surface area contributed by atoms with Gasteiger partial charge in [0.15, 0.2) is 0 Å². The molecule has 1 saturated heterocycles. The van der Waals surface area contributed by atoms with Crippen LogP contribution >= 0.6 is 0 Å². The summed E-state index contributed by atoms with van der Waals surface area (Å²) in [5.41, 5.74) is 0.629. The topological polar surface area (TPSA) is 72.9 Å². The average molecular weight is 330 g/mol. The van der Waals surface area contributed by atoms with E-state index < -0.39 is 24.0 Å². The standard InChI is InChI=1S/C16H20BFN4O2/c1-15(2)16(3,4)24-17(23-15)13(18)6-5-11-9-21-22-14(11)12-10-19-7-8-20-12/h6-10H,5H2,1-4H3,(H,21,22). The Bertz CT molecular complexity index is 730. The van der Waals surface area contributed by atoms with Gasteiger partial charge in [-0.25, -0.2) is 4.39 Å². The number of nitrogens with zero attached hydrogens (tertiary/aromatic N) is 3. The van der Waals surface area contributed by atoms with Crippen LogP contribution in [0.1, 0.15) is 33.3 Å². The summed E-state index contributed by atoms with van der Waals surface area (Å²) in [6.45, 7) is 7.57. The van der Waals surface area contributed by atoms with Crippen molar-refractivity contribution >= 4 is 7.12 Å². The highest BCUT2D eigenvalue weighted by atomic mass is 19.1.